The number of hydrogen-bond donors (Lipinski definition) is 2. The lowest BCUT2D eigenvalue weighted by Gasteiger charge is -2.24. The molecule has 0 aliphatic carbocycles. The summed E-state index contributed by atoms with van der Waals surface area (Å²) >= 11 is 6.25. The number of aromatic hydroxyl groups is 1. The molecule has 1 aliphatic heterocycles. The van der Waals surface area contributed by atoms with E-state index in [4.69, 9.17) is 25.5 Å². The summed E-state index contributed by atoms with van der Waals surface area (Å²) in [5.74, 6) is -1.12. The number of hydrogen-bond acceptors (Lipinski definition) is 7. The molecule has 2 heterocycles. The molecule has 0 radical (unpaired) electrons. The average Bonchev–Trinajstić information content (AvgIpc) is 3.41. The number of ketones is 1. The number of ether oxygens (including phenoxy) is 2. The Balaban J connectivity index is 1.91. The van der Waals surface area contributed by atoms with E-state index in [2.05, 4.69) is 0 Å². The summed E-state index contributed by atoms with van der Waals surface area (Å²) in [6, 6.07) is 11.3. The fourth-order valence-corrected chi connectivity index (χ4v) is 4.05. The number of carbonyl (C=O) groups excluding carboxylic acids is 2. The SMILES string of the molecule is COc1cc(OC)c(/C(O)=C2\C(=O)C(=O)N(Cc3ccco3)C2c2ccc(O)cc2)cc1Cl. The smallest absolute Gasteiger partial charge is 0.296 e. The Morgan fingerprint density at radius 1 is 1.09 bits per heavy atom. The molecule has 0 spiro atoms. The van der Waals surface area contributed by atoms with Gasteiger partial charge in [0.15, 0.2) is 0 Å². The summed E-state index contributed by atoms with van der Waals surface area (Å²) in [6.07, 6.45) is 1.46. The van der Waals surface area contributed by atoms with Crippen LogP contribution in [0.25, 0.3) is 5.76 Å². The van der Waals surface area contributed by atoms with E-state index >= 15 is 0 Å². The maximum absolute atomic E-state index is 13.1. The van der Waals surface area contributed by atoms with E-state index in [9.17, 15) is 19.8 Å². The van der Waals surface area contributed by atoms with Crippen molar-refractivity contribution >= 4 is 29.1 Å². The van der Waals surface area contributed by atoms with Crippen molar-refractivity contribution in [1.82, 2.24) is 4.90 Å². The molecule has 170 valence electrons. The number of rotatable bonds is 6. The van der Waals surface area contributed by atoms with E-state index in [0.717, 1.165) is 0 Å². The van der Waals surface area contributed by atoms with Crippen LogP contribution in [-0.2, 0) is 16.1 Å². The first-order valence-corrected chi connectivity index (χ1v) is 10.2. The van der Waals surface area contributed by atoms with Gasteiger partial charge in [-0.2, -0.15) is 0 Å². The Hall–Kier alpha value is -3.91. The van der Waals surface area contributed by atoms with E-state index < -0.39 is 23.5 Å². The third-order valence-electron chi connectivity index (χ3n) is 5.38. The number of phenolic OH excluding ortho intramolecular Hbond substituents is 1. The highest BCUT2D eigenvalue weighted by molar-refractivity contribution is 6.46. The third-order valence-corrected chi connectivity index (χ3v) is 5.68. The molecular formula is C24H20ClNO7. The molecule has 1 saturated heterocycles. The predicted octanol–water partition coefficient (Wildman–Crippen LogP) is 4.28. The van der Waals surface area contributed by atoms with Gasteiger partial charge in [0.1, 0.15) is 28.8 Å². The maximum Gasteiger partial charge on any atom is 0.296 e. The molecule has 0 bridgehead atoms. The van der Waals surface area contributed by atoms with Gasteiger partial charge in [-0.05, 0) is 35.9 Å². The Morgan fingerprint density at radius 3 is 2.39 bits per heavy atom. The minimum atomic E-state index is -0.943. The van der Waals surface area contributed by atoms with Gasteiger partial charge in [0.05, 0.1) is 49.2 Å². The van der Waals surface area contributed by atoms with Crippen molar-refractivity contribution in [3.8, 4) is 17.2 Å². The molecule has 8 nitrogen and oxygen atoms in total. The Morgan fingerprint density at radius 2 is 1.79 bits per heavy atom. The molecule has 2 aromatic carbocycles. The Kier molecular flexibility index (Phi) is 6.02. The molecule has 1 aromatic heterocycles. The van der Waals surface area contributed by atoms with Gasteiger partial charge in [0.25, 0.3) is 11.7 Å². The number of benzene rings is 2. The lowest BCUT2D eigenvalue weighted by atomic mass is 9.95. The van der Waals surface area contributed by atoms with Gasteiger partial charge in [0.2, 0.25) is 0 Å². The highest BCUT2D eigenvalue weighted by atomic mass is 35.5. The van der Waals surface area contributed by atoms with Crippen LogP contribution >= 0.6 is 11.6 Å². The second-order valence-electron chi connectivity index (χ2n) is 7.28. The van der Waals surface area contributed by atoms with Gasteiger partial charge >= 0.3 is 0 Å². The van der Waals surface area contributed by atoms with Crippen LogP contribution in [0.4, 0.5) is 0 Å². The zero-order chi connectivity index (χ0) is 23.7. The number of furan rings is 1. The number of aliphatic hydroxyl groups excluding tert-OH is 1. The van der Waals surface area contributed by atoms with Gasteiger partial charge < -0.3 is 29.0 Å². The minimum Gasteiger partial charge on any atom is -0.508 e. The van der Waals surface area contributed by atoms with E-state index in [-0.39, 0.29) is 34.2 Å². The van der Waals surface area contributed by atoms with E-state index in [1.165, 1.54) is 49.6 Å². The molecule has 0 saturated carbocycles. The van der Waals surface area contributed by atoms with Crippen LogP contribution in [0.15, 0.2) is 64.8 Å². The standard InChI is InChI=1S/C24H20ClNO7/c1-31-18-11-19(32-2)17(25)10-16(18)22(28)20-21(13-5-7-14(27)8-6-13)26(24(30)23(20)29)12-15-4-3-9-33-15/h3-11,21,27-28H,12H2,1-2H3/b22-20+. The van der Waals surface area contributed by atoms with Crippen molar-refractivity contribution in [2.45, 2.75) is 12.6 Å². The van der Waals surface area contributed by atoms with Crippen LogP contribution in [0.1, 0.15) is 22.9 Å². The molecule has 1 unspecified atom stereocenters. The van der Waals surface area contributed by atoms with Crippen LogP contribution in [0.3, 0.4) is 0 Å². The zero-order valence-electron chi connectivity index (χ0n) is 17.7. The van der Waals surface area contributed by atoms with Crippen molar-refractivity contribution in [2.24, 2.45) is 0 Å². The molecule has 1 atom stereocenters. The summed E-state index contributed by atoms with van der Waals surface area (Å²) in [5.41, 5.74) is 0.499. The van der Waals surface area contributed by atoms with E-state index in [0.29, 0.717) is 17.1 Å². The first kappa shape index (κ1) is 22.3. The summed E-state index contributed by atoms with van der Waals surface area (Å²) in [5, 5.41) is 21.2. The summed E-state index contributed by atoms with van der Waals surface area (Å²) in [6.45, 7) is 0.000397. The molecule has 1 amide bonds. The minimum absolute atomic E-state index is 0.000397. The number of Topliss-reactive ketones (excluding diaryl/α,β-unsaturated/α-hetero) is 1. The number of methoxy groups -OCH3 is 2. The van der Waals surface area contributed by atoms with Crippen LogP contribution in [0.2, 0.25) is 5.02 Å². The van der Waals surface area contributed by atoms with Gasteiger partial charge in [-0.25, -0.2) is 0 Å². The Bertz CT molecular complexity index is 1230. The Labute approximate surface area is 194 Å². The average molecular weight is 470 g/mol. The van der Waals surface area contributed by atoms with Crippen molar-refractivity contribution in [3.63, 3.8) is 0 Å². The largest absolute Gasteiger partial charge is 0.508 e. The number of carbonyl (C=O) groups is 2. The van der Waals surface area contributed by atoms with Crippen molar-refractivity contribution in [1.29, 1.82) is 0 Å². The molecule has 4 rings (SSSR count). The number of phenols is 1. The third kappa shape index (κ3) is 4.01. The summed E-state index contributed by atoms with van der Waals surface area (Å²) < 4.78 is 15.9. The second kappa shape index (κ2) is 8.91. The molecule has 33 heavy (non-hydrogen) atoms. The first-order valence-electron chi connectivity index (χ1n) is 9.87. The summed E-state index contributed by atoms with van der Waals surface area (Å²) in [7, 11) is 2.83. The molecule has 1 aliphatic rings. The molecule has 9 heteroatoms. The molecule has 3 aromatic rings. The molecular weight excluding hydrogens is 450 g/mol. The van der Waals surface area contributed by atoms with Crippen molar-refractivity contribution < 1.29 is 33.7 Å². The normalized spacial score (nSPS) is 17.4. The lowest BCUT2D eigenvalue weighted by molar-refractivity contribution is -0.140. The summed E-state index contributed by atoms with van der Waals surface area (Å²) in [4.78, 5) is 27.4. The highest BCUT2D eigenvalue weighted by Crippen LogP contribution is 2.43. The first-order chi connectivity index (χ1) is 15.8. The molecule has 2 N–H and O–H groups in total. The van der Waals surface area contributed by atoms with E-state index in [1.54, 1.807) is 24.3 Å². The quantitative estimate of drug-likeness (QED) is 0.315. The fourth-order valence-electron chi connectivity index (χ4n) is 3.81. The highest BCUT2D eigenvalue weighted by Gasteiger charge is 2.46. The number of likely N-dealkylation sites (tertiary alicyclic amines) is 1. The van der Waals surface area contributed by atoms with Crippen molar-refractivity contribution in [3.05, 3.63) is 82.3 Å². The van der Waals surface area contributed by atoms with E-state index in [1.807, 2.05) is 0 Å². The van der Waals surface area contributed by atoms with Gasteiger partial charge in [-0.1, -0.05) is 23.7 Å². The molecule has 1 fully saturated rings. The number of nitrogens with zero attached hydrogens (tertiary/aromatic N) is 1. The van der Waals surface area contributed by atoms with Crippen LogP contribution in [-0.4, -0.2) is 41.0 Å². The predicted molar refractivity (Wildman–Crippen MR) is 119 cm³/mol. The van der Waals surface area contributed by atoms with Gasteiger partial charge in [0, 0.05) is 6.07 Å². The number of amides is 1. The topological polar surface area (TPSA) is 109 Å². The number of aliphatic hydroxyl groups is 1. The lowest BCUT2D eigenvalue weighted by Crippen LogP contribution is -2.29. The monoisotopic (exact) mass is 469 g/mol. The van der Waals surface area contributed by atoms with Gasteiger partial charge in [-0.3, -0.25) is 9.59 Å². The fraction of sp³-hybridized carbons (Fsp3) is 0.167. The maximum atomic E-state index is 13.1. The van der Waals surface area contributed by atoms with Crippen LogP contribution in [0.5, 0.6) is 17.2 Å². The van der Waals surface area contributed by atoms with Gasteiger partial charge in [-0.15, -0.1) is 0 Å². The zero-order valence-corrected chi connectivity index (χ0v) is 18.5. The van der Waals surface area contributed by atoms with Crippen LogP contribution in [0, 0.1) is 0 Å². The number of halogens is 1. The second-order valence-corrected chi connectivity index (χ2v) is 7.69. The van der Waals surface area contributed by atoms with Crippen molar-refractivity contribution in [2.75, 3.05) is 14.2 Å². The van der Waals surface area contributed by atoms with Crippen LogP contribution < -0.4 is 9.47 Å².